The first-order chi connectivity index (χ1) is 15.5. The number of rotatable bonds is 4. The van der Waals surface area contributed by atoms with E-state index in [1.807, 2.05) is 24.3 Å². The van der Waals surface area contributed by atoms with E-state index >= 15 is 0 Å². The topological polar surface area (TPSA) is 64.6 Å². The number of nitrogens with one attached hydrogen (secondary N) is 2. The van der Waals surface area contributed by atoms with E-state index in [9.17, 15) is 14.3 Å². The number of para-hydroxylation sites is 1. The summed E-state index contributed by atoms with van der Waals surface area (Å²) >= 11 is 0. The van der Waals surface area contributed by atoms with Crippen LogP contribution in [-0.2, 0) is 4.79 Å². The van der Waals surface area contributed by atoms with Crippen LogP contribution in [0.2, 0.25) is 0 Å². The lowest BCUT2D eigenvalue weighted by atomic mass is 9.96. The van der Waals surface area contributed by atoms with Crippen molar-refractivity contribution in [3.63, 3.8) is 0 Å². The number of fused-ring (bicyclic) bond motifs is 2. The quantitative estimate of drug-likeness (QED) is 0.557. The second-order valence-corrected chi connectivity index (χ2v) is 8.67. The van der Waals surface area contributed by atoms with E-state index in [4.69, 9.17) is 0 Å². The van der Waals surface area contributed by atoms with E-state index in [1.54, 1.807) is 12.1 Å². The first-order valence-electron chi connectivity index (χ1n) is 11.0. The van der Waals surface area contributed by atoms with Gasteiger partial charge in [0.05, 0.1) is 5.69 Å². The van der Waals surface area contributed by atoms with Gasteiger partial charge in [-0.15, -0.1) is 0 Å². The molecular formula is C26H26FN3O2. The van der Waals surface area contributed by atoms with Crippen molar-refractivity contribution in [1.82, 2.24) is 5.32 Å². The van der Waals surface area contributed by atoms with Gasteiger partial charge in [-0.25, -0.2) is 4.39 Å². The van der Waals surface area contributed by atoms with Gasteiger partial charge in [0.15, 0.2) is 0 Å². The number of halogens is 1. The third kappa shape index (κ3) is 3.94. The number of piperazine rings is 1. The largest absolute Gasteiger partial charge is 0.507 e. The first-order valence-corrected chi connectivity index (χ1v) is 11.0. The number of nitrogens with zero attached hydrogens (tertiary/aromatic N) is 1. The smallest absolute Gasteiger partial charge is 0.221 e. The second-order valence-electron chi connectivity index (χ2n) is 8.67. The number of anilines is 2. The Labute approximate surface area is 186 Å². The fourth-order valence-electron chi connectivity index (χ4n) is 4.86. The fraction of sp³-hybridized carbons (Fsp3) is 0.269. The molecule has 0 aromatic heterocycles. The standard InChI is InChI=1S/C26H26FN3O2/c1-16(31)28-25-11-8-18(13-24(25)27)23-7-3-6-22(26(23)32)17-4-2-5-21(12-17)30-14-19-9-10-20(15-30)29-19/h2-8,11-13,19-20,29,32H,9-10,14-15H2,1H3,(H,28,31)/t19-,20+. The molecular weight excluding hydrogens is 405 g/mol. The average molecular weight is 432 g/mol. The molecule has 164 valence electrons. The highest BCUT2D eigenvalue weighted by Crippen LogP contribution is 2.40. The van der Waals surface area contributed by atoms with E-state index in [-0.39, 0.29) is 17.3 Å². The Morgan fingerprint density at radius 2 is 1.66 bits per heavy atom. The zero-order valence-electron chi connectivity index (χ0n) is 17.9. The van der Waals surface area contributed by atoms with Crippen LogP contribution in [0.4, 0.5) is 15.8 Å². The molecule has 32 heavy (non-hydrogen) atoms. The molecule has 6 heteroatoms. The Kier molecular flexibility index (Phi) is 5.31. The lowest BCUT2D eigenvalue weighted by Crippen LogP contribution is -2.51. The molecule has 2 saturated heterocycles. The summed E-state index contributed by atoms with van der Waals surface area (Å²) in [5.74, 6) is -0.770. The first kappa shape index (κ1) is 20.5. The van der Waals surface area contributed by atoms with E-state index in [0.29, 0.717) is 28.8 Å². The minimum absolute atomic E-state index is 0.108. The predicted octanol–water partition coefficient (Wildman–Crippen LogP) is 4.76. The highest BCUT2D eigenvalue weighted by Gasteiger charge is 2.32. The lowest BCUT2D eigenvalue weighted by Gasteiger charge is -2.34. The summed E-state index contributed by atoms with van der Waals surface area (Å²) in [5, 5.41) is 17.2. The number of benzene rings is 3. The third-order valence-corrected chi connectivity index (χ3v) is 6.37. The van der Waals surface area contributed by atoms with E-state index in [0.717, 1.165) is 24.3 Å². The Balaban J connectivity index is 1.47. The van der Waals surface area contributed by atoms with Crippen molar-refractivity contribution in [3.8, 4) is 28.0 Å². The summed E-state index contributed by atoms with van der Waals surface area (Å²) in [5.41, 5.74) is 3.98. The zero-order valence-corrected chi connectivity index (χ0v) is 17.9. The molecule has 3 aromatic rings. The Bertz CT molecular complexity index is 1170. The summed E-state index contributed by atoms with van der Waals surface area (Å²) < 4.78 is 14.5. The number of phenolic OH excluding ortho intramolecular Hbond substituents is 1. The summed E-state index contributed by atoms with van der Waals surface area (Å²) in [7, 11) is 0. The maximum atomic E-state index is 14.5. The molecule has 0 saturated carbocycles. The summed E-state index contributed by atoms with van der Waals surface area (Å²) in [6.45, 7) is 3.32. The van der Waals surface area contributed by atoms with Gasteiger partial charge in [0, 0.05) is 48.9 Å². The number of aromatic hydroxyl groups is 1. The van der Waals surface area contributed by atoms with E-state index in [1.165, 1.54) is 31.9 Å². The van der Waals surface area contributed by atoms with Crippen molar-refractivity contribution >= 4 is 17.3 Å². The van der Waals surface area contributed by atoms with Crippen LogP contribution < -0.4 is 15.5 Å². The predicted molar refractivity (Wildman–Crippen MR) is 125 cm³/mol. The maximum absolute atomic E-state index is 14.5. The van der Waals surface area contributed by atoms with Crippen molar-refractivity contribution in [3.05, 3.63) is 66.5 Å². The third-order valence-electron chi connectivity index (χ3n) is 6.37. The molecule has 2 aliphatic rings. The average Bonchev–Trinajstić information content (AvgIpc) is 3.12. The van der Waals surface area contributed by atoms with Gasteiger partial charge in [0.2, 0.25) is 5.91 Å². The molecule has 0 aliphatic carbocycles. The molecule has 0 radical (unpaired) electrons. The molecule has 2 heterocycles. The molecule has 5 rings (SSSR count). The Hall–Kier alpha value is -3.38. The monoisotopic (exact) mass is 431 g/mol. The Morgan fingerprint density at radius 1 is 1.00 bits per heavy atom. The van der Waals surface area contributed by atoms with Gasteiger partial charge >= 0.3 is 0 Å². The van der Waals surface area contributed by atoms with Gasteiger partial charge in [-0.05, 0) is 48.2 Å². The molecule has 2 aliphatic heterocycles. The van der Waals surface area contributed by atoms with Gasteiger partial charge in [-0.3, -0.25) is 4.79 Å². The molecule has 2 fully saturated rings. The van der Waals surface area contributed by atoms with Crippen LogP contribution in [0.25, 0.3) is 22.3 Å². The molecule has 2 atom stereocenters. The van der Waals surface area contributed by atoms with Crippen LogP contribution in [0.1, 0.15) is 19.8 Å². The van der Waals surface area contributed by atoms with Gasteiger partial charge in [-0.1, -0.05) is 36.4 Å². The number of carbonyl (C=O) groups excluding carboxylic acids is 1. The molecule has 2 bridgehead atoms. The number of amides is 1. The fourth-order valence-corrected chi connectivity index (χ4v) is 4.86. The van der Waals surface area contributed by atoms with Crippen LogP contribution in [0.5, 0.6) is 5.75 Å². The number of carbonyl (C=O) groups is 1. The van der Waals surface area contributed by atoms with Crippen LogP contribution in [0, 0.1) is 5.82 Å². The molecule has 3 aromatic carbocycles. The second kappa shape index (κ2) is 8.28. The van der Waals surface area contributed by atoms with Crippen molar-refractivity contribution in [2.24, 2.45) is 0 Å². The van der Waals surface area contributed by atoms with Crippen molar-refractivity contribution < 1.29 is 14.3 Å². The summed E-state index contributed by atoms with van der Waals surface area (Å²) in [6.07, 6.45) is 2.45. The molecule has 5 nitrogen and oxygen atoms in total. The molecule has 0 unspecified atom stereocenters. The van der Waals surface area contributed by atoms with Gasteiger partial charge in [-0.2, -0.15) is 0 Å². The number of hydrogen-bond acceptors (Lipinski definition) is 4. The van der Waals surface area contributed by atoms with Gasteiger partial charge in [0.1, 0.15) is 11.6 Å². The minimum atomic E-state index is -0.544. The van der Waals surface area contributed by atoms with Gasteiger partial charge in [0.25, 0.3) is 0 Å². The normalized spacial score (nSPS) is 19.8. The van der Waals surface area contributed by atoms with Crippen molar-refractivity contribution in [1.29, 1.82) is 0 Å². The molecule has 3 N–H and O–H groups in total. The van der Waals surface area contributed by atoms with Crippen LogP contribution >= 0.6 is 0 Å². The van der Waals surface area contributed by atoms with E-state index in [2.05, 4.69) is 27.7 Å². The number of phenols is 1. The Morgan fingerprint density at radius 3 is 2.31 bits per heavy atom. The number of hydrogen-bond donors (Lipinski definition) is 3. The summed E-state index contributed by atoms with van der Waals surface area (Å²) in [6, 6.07) is 19.4. The van der Waals surface area contributed by atoms with Crippen LogP contribution in [0.3, 0.4) is 0 Å². The van der Waals surface area contributed by atoms with Crippen LogP contribution in [-0.4, -0.2) is 36.2 Å². The zero-order chi connectivity index (χ0) is 22.2. The van der Waals surface area contributed by atoms with Crippen LogP contribution in [0.15, 0.2) is 60.7 Å². The van der Waals surface area contributed by atoms with E-state index < -0.39 is 5.82 Å². The van der Waals surface area contributed by atoms with Crippen molar-refractivity contribution in [2.75, 3.05) is 23.3 Å². The van der Waals surface area contributed by atoms with Gasteiger partial charge < -0.3 is 20.6 Å². The maximum Gasteiger partial charge on any atom is 0.221 e. The molecule has 0 spiro atoms. The highest BCUT2D eigenvalue weighted by molar-refractivity contribution is 5.89. The lowest BCUT2D eigenvalue weighted by molar-refractivity contribution is -0.114. The SMILES string of the molecule is CC(=O)Nc1ccc(-c2cccc(-c3cccc(N4C[C@H]5CC[C@@H](C4)N5)c3)c2O)cc1F. The van der Waals surface area contributed by atoms with Crippen molar-refractivity contribution in [2.45, 2.75) is 31.8 Å². The highest BCUT2D eigenvalue weighted by atomic mass is 19.1. The summed E-state index contributed by atoms with van der Waals surface area (Å²) in [4.78, 5) is 13.6. The molecule has 1 amide bonds. The minimum Gasteiger partial charge on any atom is -0.507 e.